The number of nitrogens with two attached hydrogens (primary N) is 1. The minimum Gasteiger partial charge on any atom is -0.382 e. The number of anilines is 2. The molecular formula is C29H23FN6O. The van der Waals surface area contributed by atoms with E-state index >= 15 is 4.39 Å². The Hall–Kier alpha value is -3.81. The summed E-state index contributed by atoms with van der Waals surface area (Å²) in [6.45, 7) is 0. The highest BCUT2D eigenvalue weighted by molar-refractivity contribution is 6.04. The second kappa shape index (κ2) is 5.85. The maximum absolute atomic E-state index is 15.6. The van der Waals surface area contributed by atoms with E-state index in [1.54, 1.807) is 24.5 Å². The highest BCUT2D eigenvalue weighted by Crippen LogP contribution is 3.05. The monoisotopic (exact) mass is 490 g/mol. The molecule has 182 valence electrons. The van der Waals surface area contributed by atoms with Crippen LogP contribution in [-0.2, 0) is 5.41 Å². The number of pyridine rings is 1. The molecule has 3 N–H and O–H groups in total. The second-order valence-electron chi connectivity index (χ2n) is 12.0. The van der Waals surface area contributed by atoms with Crippen LogP contribution in [0.25, 0.3) is 16.8 Å². The molecule has 0 radical (unpaired) electrons. The Morgan fingerprint density at radius 2 is 1.81 bits per heavy atom. The molecule has 11 rings (SSSR count). The van der Waals surface area contributed by atoms with Crippen molar-refractivity contribution in [3.63, 3.8) is 0 Å². The predicted molar refractivity (Wildman–Crippen MR) is 133 cm³/mol. The van der Waals surface area contributed by atoms with Crippen molar-refractivity contribution in [2.24, 2.45) is 41.4 Å². The number of fused-ring (bicyclic) bond motifs is 1. The van der Waals surface area contributed by atoms with Crippen molar-refractivity contribution >= 4 is 23.1 Å². The van der Waals surface area contributed by atoms with E-state index in [2.05, 4.69) is 19.7 Å². The van der Waals surface area contributed by atoms with Gasteiger partial charge in [0.15, 0.2) is 0 Å². The molecule has 3 aromatic heterocycles. The number of carbonyl (C=O) groups excluding carboxylic acids is 1. The number of nitrogen functional groups attached to an aromatic ring is 1. The van der Waals surface area contributed by atoms with Crippen LogP contribution < -0.4 is 11.1 Å². The van der Waals surface area contributed by atoms with Gasteiger partial charge in [0, 0.05) is 35.1 Å². The van der Waals surface area contributed by atoms with Gasteiger partial charge in [-0.3, -0.25) is 9.20 Å². The van der Waals surface area contributed by atoms with Crippen molar-refractivity contribution in [2.75, 3.05) is 11.1 Å². The van der Waals surface area contributed by atoms with E-state index in [-0.39, 0.29) is 11.0 Å². The number of benzene rings is 1. The van der Waals surface area contributed by atoms with Crippen LogP contribution in [0.2, 0.25) is 0 Å². The summed E-state index contributed by atoms with van der Waals surface area (Å²) in [6.07, 6.45) is 7.66. The van der Waals surface area contributed by atoms with Crippen LogP contribution in [-0.4, -0.2) is 25.3 Å². The molecule has 7 aliphatic carbocycles. The molecule has 37 heavy (non-hydrogen) atoms. The number of aromatic nitrogens is 4. The molecule has 0 atom stereocenters. The topological polar surface area (TPSA) is 98.2 Å². The highest BCUT2D eigenvalue weighted by atomic mass is 19.1. The van der Waals surface area contributed by atoms with Gasteiger partial charge in [0.1, 0.15) is 34.5 Å². The van der Waals surface area contributed by atoms with Crippen LogP contribution in [0.3, 0.4) is 0 Å². The van der Waals surface area contributed by atoms with Crippen molar-refractivity contribution < 1.29 is 9.18 Å². The normalized spacial score (nSPS) is 36.5. The van der Waals surface area contributed by atoms with E-state index in [0.717, 1.165) is 47.2 Å². The third kappa shape index (κ3) is 1.90. The van der Waals surface area contributed by atoms with E-state index in [0.29, 0.717) is 34.3 Å². The molecule has 7 aliphatic rings. The van der Waals surface area contributed by atoms with Gasteiger partial charge in [-0.2, -0.15) is 0 Å². The van der Waals surface area contributed by atoms with Gasteiger partial charge in [-0.05, 0) is 96.1 Å². The standard InChI is InChI=1S/C29H23FN6O/c30-15-9-13(27(37)34-16-10-12(5-6-32-16)11-1-2-11)3-4-14(15)24-25-26(31)33-7-8-36(25)28(35-24)29-21-18-17-19(21)23(29)20(17)22(18)29/h3-11,17-23H,1-2H2,(H2,31,33)(H,32,34,37). The van der Waals surface area contributed by atoms with Gasteiger partial charge >= 0.3 is 0 Å². The van der Waals surface area contributed by atoms with E-state index in [1.165, 1.54) is 24.5 Å². The first-order valence-electron chi connectivity index (χ1n) is 13.3. The lowest BCUT2D eigenvalue weighted by atomic mass is 8.96. The Kier molecular flexibility index (Phi) is 3.05. The zero-order valence-electron chi connectivity index (χ0n) is 19.8. The molecular weight excluding hydrogens is 467 g/mol. The molecule has 4 aromatic rings. The maximum atomic E-state index is 15.6. The SMILES string of the molecule is Nc1nccn2c(C34C5C6C7C5C3C7C64)nc(-c3ccc(C(=O)Nc4cc(C5CC5)ccn4)cc3F)c12. The quantitative estimate of drug-likeness (QED) is 0.436. The largest absolute Gasteiger partial charge is 0.382 e. The first-order chi connectivity index (χ1) is 18.1. The van der Waals surface area contributed by atoms with Crippen LogP contribution in [0.4, 0.5) is 16.0 Å². The van der Waals surface area contributed by atoms with E-state index in [4.69, 9.17) is 10.7 Å². The van der Waals surface area contributed by atoms with Gasteiger partial charge in [-0.15, -0.1) is 0 Å². The number of nitrogens with zero attached hydrogens (tertiary/aromatic N) is 4. The summed E-state index contributed by atoms with van der Waals surface area (Å²) in [5.41, 5.74) is 9.42. The third-order valence-electron chi connectivity index (χ3n) is 11.0. The molecule has 3 heterocycles. The van der Waals surface area contributed by atoms with Gasteiger partial charge in [-0.1, -0.05) is 0 Å². The average Bonchev–Trinajstić information content (AvgIpc) is 3.70. The van der Waals surface area contributed by atoms with Crippen molar-refractivity contribution in [1.29, 1.82) is 0 Å². The van der Waals surface area contributed by atoms with Crippen LogP contribution in [0.5, 0.6) is 0 Å². The molecule has 1 amide bonds. The first kappa shape index (κ1) is 19.3. The summed E-state index contributed by atoms with van der Waals surface area (Å²) in [5.74, 6) is 7.52. The Morgan fingerprint density at radius 3 is 2.54 bits per heavy atom. The molecule has 0 spiro atoms. The van der Waals surface area contributed by atoms with Crippen molar-refractivity contribution in [3.8, 4) is 11.3 Å². The van der Waals surface area contributed by atoms with Crippen molar-refractivity contribution in [3.05, 3.63) is 71.7 Å². The maximum Gasteiger partial charge on any atom is 0.256 e. The molecule has 7 saturated carbocycles. The number of imidazole rings is 1. The van der Waals surface area contributed by atoms with Gasteiger partial charge in [0.2, 0.25) is 0 Å². The molecule has 0 unspecified atom stereocenters. The Labute approximate surface area is 211 Å². The fraction of sp³-hybridized carbons (Fsp3) is 0.379. The molecule has 7 nitrogen and oxygen atoms in total. The fourth-order valence-corrected chi connectivity index (χ4v) is 9.66. The first-order valence-corrected chi connectivity index (χ1v) is 13.3. The molecule has 0 saturated heterocycles. The summed E-state index contributed by atoms with van der Waals surface area (Å²) >= 11 is 0. The van der Waals surface area contributed by atoms with Crippen molar-refractivity contribution in [1.82, 2.24) is 19.4 Å². The lowest BCUT2D eigenvalue weighted by molar-refractivity contribution is -0.583. The lowest BCUT2D eigenvalue weighted by Gasteiger charge is -3.07. The number of nitrogens with one attached hydrogen (secondary N) is 1. The Balaban J connectivity index is 1.02. The Morgan fingerprint density at radius 1 is 1.03 bits per heavy atom. The van der Waals surface area contributed by atoms with Gasteiger partial charge < -0.3 is 11.1 Å². The molecule has 1 aromatic carbocycles. The van der Waals surface area contributed by atoms with Gasteiger partial charge in [0.25, 0.3) is 5.91 Å². The summed E-state index contributed by atoms with van der Waals surface area (Å²) in [4.78, 5) is 26.6. The van der Waals surface area contributed by atoms with Crippen LogP contribution in [0.15, 0.2) is 48.9 Å². The zero-order chi connectivity index (χ0) is 24.4. The van der Waals surface area contributed by atoms with Crippen LogP contribution in [0, 0.1) is 47.2 Å². The number of carbonyl (C=O) groups is 1. The lowest BCUT2D eigenvalue weighted by Crippen LogP contribution is -3.07. The fourth-order valence-electron chi connectivity index (χ4n) is 9.66. The molecule has 0 aliphatic heterocycles. The minimum atomic E-state index is -0.503. The van der Waals surface area contributed by atoms with Gasteiger partial charge in [0.05, 0.1) is 0 Å². The minimum absolute atomic E-state index is 0.169. The molecule has 0 bridgehead atoms. The van der Waals surface area contributed by atoms with E-state index in [1.807, 2.05) is 18.3 Å². The number of halogens is 1. The summed E-state index contributed by atoms with van der Waals surface area (Å²) in [7, 11) is 0. The summed E-state index contributed by atoms with van der Waals surface area (Å²) < 4.78 is 17.7. The predicted octanol–water partition coefficient (Wildman–Crippen LogP) is 4.26. The van der Waals surface area contributed by atoms with E-state index < -0.39 is 11.7 Å². The highest BCUT2D eigenvalue weighted by Gasteiger charge is 3.05. The Bertz CT molecular complexity index is 1690. The molecule has 8 heteroatoms. The summed E-state index contributed by atoms with van der Waals surface area (Å²) in [5, 5.41) is 2.81. The van der Waals surface area contributed by atoms with Crippen LogP contribution in [0.1, 0.15) is 40.5 Å². The number of hydrogen-bond acceptors (Lipinski definition) is 5. The number of rotatable bonds is 5. The summed E-state index contributed by atoms with van der Waals surface area (Å²) in [6, 6.07) is 8.43. The molecule has 7 fully saturated rings. The number of hydrogen-bond donors (Lipinski definition) is 2. The zero-order valence-corrected chi connectivity index (χ0v) is 19.8. The van der Waals surface area contributed by atoms with Crippen molar-refractivity contribution in [2.45, 2.75) is 24.2 Å². The van der Waals surface area contributed by atoms with Gasteiger partial charge in [-0.25, -0.2) is 19.3 Å². The average molecular weight is 491 g/mol. The smallest absolute Gasteiger partial charge is 0.256 e. The van der Waals surface area contributed by atoms with E-state index in [9.17, 15) is 4.79 Å². The third-order valence-corrected chi connectivity index (χ3v) is 11.0. The van der Waals surface area contributed by atoms with Crippen LogP contribution >= 0.6 is 0 Å². The number of amides is 1. The second-order valence-corrected chi connectivity index (χ2v) is 12.0.